The first-order chi connectivity index (χ1) is 10.6. The third-order valence-corrected chi connectivity index (χ3v) is 3.75. The second-order valence-electron chi connectivity index (χ2n) is 5.73. The van der Waals surface area contributed by atoms with Crippen LogP contribution in [0, 0.1) is 0 Å². The Balaban J connectivity index is 1.66. The van der Waals surface area contributed by atoms with E-state index in [-0.39, 0.29) is 5.91 Å². The molecular weight excluding hydrogens is 274 g/mol. The molecule has 0 aliphatic rings. The van der Waals surface area contributed by atoms with E-state index in [1.807, 2.05) is 36.4 Å². The topological polar surface area (TPSA) is 42.2 Å². The fourth-order valence-corrected chi connectivity index (χ4v) is 2.38. The van der Waals surface area contributed by atoms with Crippen molar-refractivity contribution in [2.24, 2.45) is 0 Å². The van der Waals surface area contributed by atoms with Gasteiger partial charge in [-0.05, 0) is 29.2 Å². The van der Waals surface area contributed by atoms with Crippen LogP contribution in [0.1, 0.15) is 41.4 Å². The van der Waals surface area contributed by atoms with Crippen LogP contribution in [0.15, 0.2) is 59.0 Å². The minimum absolute atomic E-state index is 0.191. The largest absolute Gasteiger partial charge is 0.451 e. The molecule has 1 heterocycles. The molecule has 0 saturated heterocycles. The van der Waals surface area contributed by atoms with Crippen LogP contribution in [-0.2, 0) is 6.54 Å². The van der Waals surface area contributed by atoms with E-state index in [1.165, 1.54) is 5.56 Å². The lowest BCUT2D eigenvalue weighted by Gasteiger charge is -2.07. The van der Waals surface area contributed by atoms with Crippen molar-refractivity contribution in [1.29, 1.82) is 0 Å². The number of hydrogen-bond donors (Lipinski definition) is 1. The van der Waals surface area contributed by atoms with Gasteiger partial charge in [0.15, 0.2) is 5.76 Å². The fraction of sp³-hybridized carbons (Fsp3) is 0.211. The Morgan fingerprint density at radius 1 is 1.09 bits per heavy atom. The maximum atomic E-state index is 12.2. The molecule has 3 nitrogen and oxygen atoms in total. The molecule has 0 unspecified atom stereocenters. The first-order valence-electron chi connectivity index (χ1n) is 7.49. The Hall–Kier alpha value is -2.55. The molecule has 0 radical (unpaired) electrons. The molecule has 22 heavy (non-hydrogen) atoms. The van der Waals surface area contributed by atoms with Gasteiger partial charge in [0.25, 0.3) is 5.91 Å². The minimum atomic E-state index is -0.191. The molecule has 0 aliphatic heterocycles. The van der Waals surface area contributed by atoms with Gasteiger partial charge in [0.05, 0.1) is 0 Å². The summed E-state index contributed by atoms with van der Waals surface area (Å²) in [7, 11) is 0. The summed E-state index contributed by atoms with van der Waals surface area (Å²) in [6.45, 7) is 4.82. The summed E-state index contributed by atoms with van der Waals surface area (Å²) in [5.74, 6) is 0.670. The van der Waals surface area contributed by atoms with Crippen LogP contribution in [0.25, 0.3) is 11.0 Å². The minimum Gasteiger partial charge on any atom is -0.451 e. The van der Waals surface area contributed by atoms with Crippen molar-refractivity contribution in [3.8, 4) is 0 Å². The lowest BCUT2D eigenvalue weighted by Crippen LogP contribution is -2.22. The summed E-state index contributed by atoms with van der Waals surface area (Å²) in [5.41, 5.74) is 3.11. The summed E-state index contributed by atoms with van der Waals surface area (Å²) >= 11 is 0. The predicted molar refractivity (Wildman–Crippen MR) is 87.9 cm³/mol. The number of para-hydroxylation sites is 1. The summed E-state index contributed by atoms with van der Waals surface area (Å²) in [5, 5.41) is 3.83. The highest BCUT2D eigenvalue weighted by Gasteiger charge is 2.11. The summed E-state index contributed by atoms with van der Waals surface area (Å²) in [4.78, 5) is 12.2. The highest BCUT2D eigenvalue weighted by molar-refractivity contribution is 5.95. The molecule has 0 bridgehead atoms. The fourth-order valence-electron chi connectivity index (χ4n) is 2.38. The second-order valence-corrected chi connectivity index (χ2v) is 5.73. The molecular formula is C19H19NO2. The first-order valence-corrected chi connectivity index (χ1v) is 7.49. The SMILES string of the molecule is CC(C)c1ccc(CNC(=O)c2cc3ccccc3o2)cc1. The molecule has 3 rings (SSSR count). The van der Waals surface area contributed by atoms with Gasteiger partial charge in [0.2, 0.25) is 0 Å². The number of benzene rings is 2. The van der Waals surface area contributed by atoms with E-state index >= 15 is 0 Å². The number of hydrogen-bond acceptors (Lipinski definition) is 2. The number of carbonyl (C=O) groups is 1. The molecule has 2 aromatic carbocycles. The van der Waals surface area contributed by atoms with Crippen LogP contribution in [0.2, 0.25) is 0 Å². The average molecular weight is 293 g/mol. The van der Waals surface area contributed by atoms with Crippen LogP contribution in [0.4, 0.5) is 0 Å². The zero-order chi connectivity index (χ0) is 15.5. The second kappa shape index (κ2) is 6.06. The normalized spacial score (nSPS) is 11.0. The van der Waals surface area contributed by atoms with Crippen molar-refractivity contribution in [2.75, 3.05) is 0 Å². The molecule has 3 aromatic rings. The monoisotopic (exact) mass is 293 g/mol. The third-order valence-electron chi connectivity index (χ3n) is 3.75. The lowest BCUT2D eigenvalue weighted by atomic mass is 10.0. The van der Waals surface area contributed by atoms with Gasteiger partial charge in [-0.25, -0.2) is 0 Å². The van der Waals surface area contributed by atoms with Crippen molar-refractivity contribution in [2.45, 2.75) is 26.3 Å². The molecule has 112 valence electrons. The van der Waals surface area contributed by atoms with Crippen molar-refractivity contribution >= 4 is 16.9 Å². The van der Waals surface area contributed by atoms with Gasteiger partial charge in [0.1, 0.15) is 5.58 Å². The van der Waals surface area contributed by atoms with E-state index in [1.54, 1.807) is 6.07 Å². The maximum absolute atomic E-state index is 12.2. The maximum Gasteiger partial charge on any atom is 0.287 e. The molecule has 3 heteroatoms. The number of nitrogens with one attached hydrogen (secondary N) is 1. The predicted octanol–water partition coefficient (Wildman–Crippen LogP) is 4.49. The molecule has 0 atom stereocenters. The van der Waals surface area contributed by atoms with Gasteiger partial charge < -0.3 is 9.73 Å². The Labute approximate surface area is 130 Å². The van der Waals surface area contributed by atoms with Crippen LogP contribution in [0.5, 0.6) is 0 Å². The smallest absolute Gasteiger partial charge is 0.287 e. The van der Waals surface area contributed by atoms with Crippen LogP contribution in [-0.4, -0.2) is 5.91 Å². The Kier molecular flexibility index (Phi) is 3.96. The molecule has 1 aromatic heterocycles. The van der Waals surface area contributed by atoms with Crippen molar-refractivity contribution < 1.29 is 9.21 Å². The average Bonchev–Trinajstić information content (AvgIpc) is 2.97. The highest BCUT2D eigenvalue weighted by Crippen LogP contribution is 2.19. The molecule has 0 aliphatic carbocycles. The summed E-state index contributed by atoms with van der Waals surface area (Å²) in [6.07, 6.45) is 0. The Morgan fingerprint density at radius 2 is 1.82 bits per heavy atom. The Morgan fingerprint density at radius 3 is 2.50 bits per heavy atom. The number of carbonyl (C=O) groups excluding carboxylic acids is 1. The van der Waals surface area contributed by atoms with E-state index in [9.17, 15) is 4.79 Å². The van der Waals surface area contributed by atoms with Gasteiger partial charge in [-0.1, -0.05) is 56.3 Å². The number of fused-ring (bicyclic) bond motifs is 1. The number of amides is 1. The van der Waals surface area contributed by atoms with Crippen molar-refractivity contribution in [1.82, 2.24) is 5.32 Å². The quantitative estimate of drug-likeness (QED) is 0.770. The Bertz CT molecular complexity index is 752. The van der Waals surface area contributed by atoms with Gasteiger partial charge >= 0.3 is 0 Å². The van der Waals surface area contributed by atoms with E-state index in [0.717, 1.165) is 16.5 Å². The van der Waals surface area contributed by atoms with Crippen molar-refractivity contribution in [3.05, 3.63) is 71.5 Å². The van der Waals surface area contributed by atoms with E-state index in [0.29, 0.717) is 18.2 Å². The molecule has 0 spiro atoms. The van der Waals surface area contributed by atoms with E-state index in [4.69, 9.17) is 4.42 Å². The highest BCUT2D eigenvalue weighted by atomic mass is 16.3. The van der Waals surface area contributed by atoms with Crippen LogP contribution >= 0.6 is 0 Å². The zero-order valence-corrected chi connectivity index (χ0v) is 12.8. The van der Waals surface area contributed by atoms with Gasteiger partial charge in [-0.3, -0.25) is 4.79 Å². The van der Waals surface area contributed by atoms with Crippen molar-refractivity contribution in [3.63, 3.8) is 0 Å². The zero-order valence-electron chi connectivity index (χ0n) is 12.8. The summed E-state index contributed by atoms with van der Waals surface area (Å²) in [6, 6.07) is 17.7. The first kappa shape index (κ1) is 14.4. The molecule has 1 amide bonds. The molecule has 0 fully saturated rings. The lowest BCUT2D eigenvalue weighted by molar-refractivity contribution is 0.0925. The van der Waals surface area contributed by atoms with E-state index in [2.05, 4.69) is 31.3 Å². The van der Waals surface area contributed by atoms with Gasteiger partial charge in [-0.2, -0.15) is 0 Å². The van der Waals surface area contributed by atoms with Crippen LogP contribution < -0.4 is 5.32 Å². The van der Waals surface area contributed by atoms with Gasteiger partial charge in [-0.15, -0.1) is 0 Å². The molecule has 1 N–H and O–H groups in total. The van der Waals surface area contributed by atoms with Crippen LogP contribution in [0.3, 0.4) is 0 Å². The number of furan rings is 1. The van der Waals surface area contributed by atoms with E-state index < -0.39 is 0 Å². The molecule has 0 saturated carbocycles. The van der Waals surface area contributed by atoms with Gasteiger partial charge in [0, 0.05) is 11.9 Å². The standard InChI is InChI=1S/C19H19NO2/c1-13(2)15-9-7-14(8-10-15)12-20-19(21)18-11-16-5-3-4-6-17(16)22-18/h3-11,13H,12H2,1-2H3,(H,20,21). The summed E-state index contributed by atoms with van der Waals surface area (Å²) < 4.78 is 5.56. The number of rotatable bonds is 4. The third kappa shape index (κ3) is 3.03.